The highest BCUT2D eigenvalue weighted by Gasteiger charge is 2.23. The highest BCUT2D eigenvalue weighted by Crippen LogP contribution is 2.24. The Labute approximate surface area is 200 Å². The summed E-state index contributed by atoms with van der Waals surface area (Å²) in [5.41, 5.74) is 2.83. The standard InChI is InChI=1S/C25H27N3O3S2/c1-4-28(22-8-6-5-7-9-22)33(30,31)23-16-14-21(15-17-23)26-25(32)27-24(29)20-12-10-19(11-13-20)18(2)3/h5-18H,4H2,1-3H3,(H2,26,27,29,32). The Morgan fingerprint density at radius 3 is 2.09 bits per heavy atom. The van der Waals surface area contributed by atoms with Crippen LogP contribution in [-0.4, -0.2) is 26.0 Å². The van der Waals surface area contributed by atoms with Crippen molar-refractivity contribution in [2.75, 3.05) is 16.2 Å². The Bertz CT molecular complexity index is 1210. The van der Waals surface area contributed by atoms with Crippen LogP contribution in [0.1, 0.15) is 42.6 Å². The van der Waals surface area contributed by atoms with E-state index in [-0.39, 0.29) is 15.9 Å². The molecule has 0 bridgehead atoms. The fourth-order valence-corrected chi connectivity index (χ4v) is 4.96. The Balaban J connectivity index is 1.66. The van der Waals surface area contributed by atoms with Gasteiger partial charge in [0.2, 0.25) is 0 Å². The van der Waals surface area contributed by atoms with Gasteiger partial charge in [-0.3, -0.25) is 14.4 Å². The molecule has 33 heavy (non-hydrogen) atoms. The minimum atomic E-state index is -3.71. The van der Waals surface area contributed by atoms with Gasteiger partial charge >= 0.3 is 0 Å². The van der Waals surface area contributed by atoms with Gasteiger partial charge < -0.3 is 5.32 Å². The molecule has 172 valence electrons. The topological polar surface area (TPSA) is 78.5 Å². The van der Waals surface area contributed by atoms with Crippen molar-refractivity contribution in [3.05, 3.63) is 90.0 Å². The predicted molar refractivity (Wildman–Crippen MR) is 137 cm³/mol. The Morgan fingerprint density at radius 2 is 1.55 bits per heavy atom. The summed E-state index contributed by atoms with van der Waals surface area (Å²) in [5, 5.41) is 5.69. The van der Waals surface area contributed by atoms with Crippen LogP contribution < -0.4 is 14.9 Å². The quantitative estimate of drug-likeness (QED) is 0.456. The molecule has 0 saturated heterocycles. The first-order valence-electron chi connectivity index (χ1n) is 10.6. The number of nitrogens with one attached hydrogen (secondary N) is 2. The van der Waals surface area contributed by atoms with Gasteiger partial charge in [-0.2, -0.15) is 0 Å². The van der Waals surface area contributed by atoms with E-state index in [0.717, 1.165) is 5.56 Å². The lowest BCUT2D eigenvalue weighted by atomic mass is 10.0. The molecular weight excluding hydrogens is 454 g/mol. The average molecular weight is 482 g/mol. The summed E-state index contributed by atoms with van der Waals surface area (Å²) in [4.78, 5) is 12.6. The lowest BCUT2D eigenvalue weighted by Crippen LogP contribution is -2.34. The Kier molecular flexibility index (Phi) is 7.84. The molecule has 3 aromatic rings. The molecule has 0 aliphatic heterocycles. The van der Waals surface area contributed by atoms with Gasteiger partial charge in [0, 0.05) is 17.8 Å². The number of hydrogen-bond donors (Lipinski definition) is 2. The molecule has 6 nitrogen and oxygen atoms in total. The summed E-state index contributed by atoms with van der Waals surface area (Å²) in [5.74, 6) is 0.0668. The van der Waals surface area contributed by atoms with Gasteiger partial charge in [-0.25, -0.2) is 8.42 Å². The molecule has 0 fully saturated rings. The molecule has 0 radical (unpaired) electrons. The molecule has 0 spiro atoms. The molecule has 0 unspecified atom stereocenters. The highest BCUT2D eigenvalue weighted by molar-refractivity contribution is 7.92. The zero-order valence-corrected chi connectivity index (χ0v) is 20.4. The van der Waals surface area contributed by atoms with E-state index >= 15 is 0 Å². The summed E-state index contributed by atoms with van der Waals surface area (Å²) in [6.45, 7) is 6.27. The highest BCUT2D eigenvalue weighted by atomic mass is 32.2. The third kappa shape index (κ3) is 5.97. The third-order valence-electron chi connectivity index (χ3n) is 5.10. The molecule has 3 aromatic carbocycles. The van der Waals surface area contributed by atoms with Crippen LogP contribution in [-0.2, 0) is 10.0 Å². The van der Waals surface area contributed by atoms with Crippen LogP contribution in [0.15, 0.2) is 83.8 Å². The number of carbonyl (C=O) groups excluding carboxylic acids is 1. The molecule has 2 N–H and O–H groups in total. The zero-order valence-electron chi connectivity index (χ0n) is 18.8. The van der Waals surface area contributed by atoms with Gasteiger partial charge in [0.05, 0.1) is 10.6 Å². The SMILES string of the molecule is CCN(c1ccccc1)S(=O)(=O)c1ccc(NC(=S)NC(=O)c2ccc(C(C)C)cc2)cc1. The lowest BCUT2D eigenvalue weighted by molar-refractivity contribution is 0.0977. The van der Waals surface area contributed by atoms with E-state index in [0.29, 0.717) is 29.4 Å². The van der Waals surface area contributed by atoms with Crippen molar-refractivity contribution in [1.82, 2.24) is 5.32 Å². The Morgan fingerprint density at radius 1 is 0.939 bits per heavy atom. The second-order valence-corrected chi connectivity index (χ2v) is 9.99. The first-order chi connectivity index (χ1) is 15.7. The van der Waals surface area contributed by atoms with Crippen LogP contribution in [0.4, 0.5) is 11.4 Å². The van der Waals surface area contributed by atoms with Crippen LogP contribution in [0.25, 0.3) is 0 Å². The number of rotatable bonds is 7. The molecule has 0 aliphatic carbocycles. The van der Waals surface area contributed by atoms with E-state index in [1.54, 1.807) is 55.5 Å². The maximum atomic E-state index is 13.1. The number of nitrogens with zero attached hydrogens (tertiary/aromatic N) is 1. The van der Waals surface area contributed by atoms with Gasteiger partial charge in [-0.15, -0.1) is 0 Å². The number of benzene rings is 3. The van der Waals surface area contributed by atoms with Crippen molar-refractivity contribution in [1.29, 1.82) is 0 Å². The van der Waals surface area contributed by atoms with Gasteiger partial charge in [-0.05, 0) is 79.2 Å². The summed E-state index contributed by atoms with van der Waals surface area (Å²) in [6.07, 6.45) is 0. The number of sulfonamides is 1. The van der Waals surface area contributed by atoms with Crippen molar-refractivity contribution in [2.24, 2.45) is 0 Å². The minimum Gasteiger partial charge on any atom is -0.332 e. The zero-order chi connectivity index (χ0) is 24.0. The average Bonchev–Trinajstić information content (AvgIpc) is 2.80. The molecule has 0 atom stereocenters. The Hall–Kier alpha value is -3.23. The molecule has 0 aromatic heterocycles. The summed E-state index contributed by atoms with van der Waals surface area (Å²) in [7, 11) is -3.71. The molecule has 0 heterocycles. The molecular formula is C25H27N3O3S2. The van der Waals surface area contributed by atoms with Gasteiger partial charge in [-0.1, -0.05) is 44.2 Å². The number of amides is 1. The molecule has 8 heteroatoms. The number of hydrogen-bond acceptors (Lipinski definition) is 4. The minimum absolute atomic E-state index is 0.128. The van der Waals surface area contributed by atoms with E-state index in [9.17, 15) is 13.2 Å². The number of carbonyl (C=O) groups is 1. The normalized spacial score (nSPS) is 11.2. The second-order valence-electron chi connectivity index (χ2n) is 7.71. The third-order valence-corrected chi connectivity index (χ3v) is 7.22. The van der Waals surface area contributed by atoms with Crippen LogP contribution in [0.2, 0.25) is 0 Å². The van der Waals surface area contributed by atoms with E-state index in [1.807, 2.05) is 18.2 Å². The summed E-state index contributed by atoms with van der Waals surface area (Å²) < 4.78 is 27.5. The first-order valence-corrected chi connectivity index (χ1v) is 12.5. The van der Waals surface area contributed by atoms with Crippen LogP contribution in [0.5, 0.6) is 0 Å². The molecule has 0 saturated carbocycles. The molecule has 0 aliphatic rings. The van der Waals surface area contributed by atoms with Crippen molar-refractivity contribution in [2.45, 2.75) is 31.6 Å². The van der Waals surface area contributed by atoms with Crippen molar-refractivity contribution in [3.8, 4) is 0 Å². The van der Waals surface area contributed by atoms with E-state index in [1.165, 1.54) is 16.4 Å². The maximum absolute atomic E-state index is 13.1. The molecule has 3 rings (SSSR count). The molecule has 1 amide bonds. The number of thiocarbonyl (C=S) groups is 1. The van der Waals surface area contributed by atoms with Crippen molar-refractivity contribution >= 4 is 44.6 Å². The van der Waals surface area contributed by atoms with Crippen molar-refractivity contribution < 1.29 is 13.2 Å². The lowest BCUT2D eigenvalue weighted by Gasteiger charge is -2.23. The second kappa shape index (κ2) is 10.6. The van der Waals surface area contributed by atoms with Gasteiger partial charge in [0.25, 0.3) is 15.9 Å². The maximum Gasteiger partial charge on any atom is 0.264 e. The monoisotopic (exact) mass is 481 g/mol. The number of anilines is 2. The smallest absolute Gasteiger partial charge is 0.264 e. The first kappa shape index (κ1) is 24.4. The van der Waals surface area contributed by atoms with Crippen LogP contribution >= 0.6 is 12.2 Å². The fraction of sp³-hybridized carbons (Fsp3) is 0.200. The van der Waals surface area contributed by atoms with Crippen LogP contribution in [0, 0.1) is 0 Å². The summed E-state index contributed by atoms with van der Waals surface area (Å²) in [6, 6.07) is 22.6. The van der Waals surface area contributed by atoms with Gasteiger partial charge in [0.15, 0.2) is 5.11 Å². The summed E-state index contributed by atoms with van der Waals surface area (Å²) >= 11 is 5.24. The largest absolute Gasteiger partial charge is 0.332 e. The fourth-order valence-electron chi connectivity index (χ4n) is 3.28. The van der Waals surface area contributed by atoms with Crippen LogP contribution in [0.3, 0.4) is 0 Å². The van der Waals surface area contributed by atoms with E-state index in [2.05, 4.69) is 24.5 Å². The predicted octanol–water partition coefficient (Wildman–Crippen LogP) is 5.15. The van der Waals surface area contributed by atoms with Gasteiger partial charge in [0.1, 0.15) is 0 Å². The van der Waals surface area contributed by atoms with E-state index < -0.39 is 10.0 Å². The number of para-hydroxylation sites is 1. The van der Waals surface area contributed by atoms with E-state index in [4.69, 9.17) is 12.2 Å². The van der Waals surface area contributed by atoms with Crippen molar-refractivity contribution in [3.63, 3.8) is 0 Å².